The molecule has 1 amide bonds. The Balaban J connectivity index is 1.67. The van der Waals surface area contributed by atoms with Crippen LogP contribution in [0.3, 0.4) is 0 Å². The highest BCUT2D eigenvalue weighted by molar-refractivity contribution is 6.33. The van der Waals surface area contributed by atoms with Crippen molar-refractivity contribution in [2.75, 3.05) is 20.1 Å². The van der Waals surface area contributed by atoms with Crippen molar-refractivity contribution in [3.8, 4) is 0 Å². The standard InChI is InChI=1S/C16H24ClN3O/c1-20(13-6-3-2-4-7-13)11-5-9-19-16(21)14-12-18-10-8-15(14)17/h8,10,12-13H,2-7,9,11H2,1H3,(H,19,21). The van der Waals surface area contributed by atoms with E-state index < -0.39 is 0 Å². The summed E-state index contributed by atoms with van der Waals surface area (Å²) in [6.45, 7) is 1.69. The molecule has 0 aromatic carbocycles. The van der Waals surface area contributed by atoms with E-state index in [0.29, 0.717) is 17.1 Å². The molecule has 0 bridgehead atoms. The van der Waals surface area contributed by atoms with Crippen LogP contribution in [0.5, 0.6) is 0 Å². The maximum Gasteiger partial charge on any atom is 0.254 e. The van der Waals surface area contributed by atoms with Crippen LogP contribution in [0.2, 0.25) is 5.02 Å². The zero-order chi connectivity index (χ0) is 15.1. The molecular weight excluding hydrogens is 286 g/mol. The summed E-state index contributed by atoms with van der Waals surface area (Å²) >= 11 is 5.97. The van der Waals surface area contributed by atoms with Crippen LogP contribution >= 0.6 is 11.6 Å². The van der Waals surface area contributed by atoms with Gasteiger partial charge in [-0.15, -0.1) is 0 Å². The summed E-state index contributed by atoms with van der Waals surface area (Å²) in [5, 5.41) is 3.35. The molecule has 1 saturated carbocycles. The number of nitrogens with one attached hydrogen (secondary N) is 1. The van der Waals surface area contributed by atoms with Crippen molar-refractivity contribution in [3.63, 3.8) is 0 Å². The van der Waals surface area contributed by atoms with Crippen LogP contribution in [0, 0.1) is 0 Å². The molecule has 0 unspecified atom stereocenters. The molecule has 0 saturated heterocycles. The number of amides is 1. The van der Waals surface area contributed by atoms with E-state index in [1.807, 2.05) is 0 Å². The fourth-order valence-corrected chi connectivity index (χ4v) is 3.07. The first-order chi connectivity index (χ1) is 10.2. The summed E-state index contributed by atoms with van der Waals surface area (Å²) in [6.07, 6.45) is 10.8. The quantitative estimate of drug-likeness (QED) is 0.821. The number of rotatable bonds is 6. The van der Waals surface area contributed by atoms with Crippen LogP contribution in [0.15, 0.2) is 18.5 Å². The Labute approximate surface area is 131 Å². The summed E-state index contributed by atoms with van der Waals surface area (Å²) in [4.78, 5) is 18.3. The van der Waals surface area contributed by atoms with Gasteiger partial charge in [0, 0.05) is 25.0 Å². The van der Waals surface area contributed by atoms with Gasteiger partial charge in [-0.05, 0) is 38.9 Å². The van der Waals surface area contributed by atoms with E-state index in [9.17, 15) is 4.79 Å². The number of pyridine rings is 1. The van der Waals surface area contributed by atoms with Gasteiger partial charge >= 0.3 is 0 Å². The van der Waals surface area contributed by atoms with Crippen molar-refractivity contribution in [1.82, 2.24) is 15.2 Å². The van der Waals surface area contributed by atoms with Crippen molar-refractivity contribution in [1.29, 1.82) is 0 Å². The molecule has 5 heteroatoms. The highest BCUT2D eigenvalue weighted by Crippen LogP contribution is 2.21. The molecule has 0 atom stereocenters. The Morgan fingerprint density at radius 2 is 2.19 bits per heavy atom. The van der Waals surface area contributed by atoms with Crippen molar-refractivity contribution in [2.45, 2.75) is 44.6 Å². The van der Waals surface area contributed by atoms with Gasteiger partial charge in [0.15, 0.2) is 0 Å². The van der Waals surface area contributed by atoms with Gasteiger partial charge in [-0.2, -0.15) is 0 Å². The number of hydrogen-bond donors (Lipinski definition) is 1. The average Bonchev–Trinajstić information content (AvgIpc) is 2.52. The molecule has 0 spiro atoms. The molecule has 2 rings (SSSR count). The average molecular weight is 310 g/mol. The van der Waals surface area contributed by atoms with E-state index in [0.717, 1.165) is 19.0 Å². The van der Waals surface area contributed by atoms with E-state index >= 15 is 0 Å². The van der Waals surface area contributed by atoms with E-state index in [2.05, 4.69) is 22.2 Å². The molecular formula is C16H24ClN3O. The smallest absolute Gasteiger partial charge is 0.254 e. The molecule has 116 valence electrons. The van der Waals surface area contributed by atoms with Gasteiger partial charge < -0.3 is 10.2 Å². The highest BCUT2D eigenvalue weighted by Gasteiger charge is 2.17. The second kappa shape index (κ2) is 8.35. The number of halogens is 1. The Morgan fingerprint density at radius 1 is 1.43 bits per heavy atom. The Morgan fingerprint density at radius 3 is 2.90 bits per heavy atom. The van der Waals surface area contributed by atoms with Crippen molar-refractivity contribution in [3.05, 3.63) is 29.0 Å². The zero-order valence-corrected chi connectivity index (χ0v) is 13.4. The van der Waals surface area contributed by atoms with Gasteiger partial charge in [-0.3, -0.25) is 9.78 Å². The van der Waals surface area contributed by atoms with Crippen LogP contribution in [0.25, 0.3) is 0 Å². The maximum absolute atomic E-state index is 12.0. The van der Waals surface area contributed by atoms with Crippen molar-refractivity contribution in [2.24, 2.45) is 0 Å². The number of carbonyl (C=O) groups excluding carboxylic acids is 1. The lowest BCUT2D eigenvalue weighted by Crippen LogP contribution is -2.35. The summed E-state index contributed by atoms with van der Waals surface area (Å²) in [5.74, 6) is -0.145. The fourth-order valence-electron chi connectivity index (χ4n) is 2.87. The number of carbonyl (C=O) groups is 1. The lowest BCUT2D eigenvalue weighted by atomic mass is 9.94. The van der Waals surface area contributed by atoms with E-state index in [1.165, 1.54) is 38.3 Å². The summed E-state index contributed by atoms with van der Waals surface area (Å²) in [7, 11) is 2.19. The first-order valence-corrected chi connectivity index (χ1v) is 8.14. The third kappa shape index (κ3) is 4.97. The zero-order valence-electron chi connectivity index (χ0n) is 12.6. The lowest BCUT2D eigenvalue weighted by Gasteiger charge is -2.31. The molecule has 4 nitrogen and oxygen atoms in total. The second-order valence-corrected chi connectivity index (χ2v) is 6.14. The van der Waals surface area contributed by atoms with E-state index in [1.54, 1.807) is 12.3 Å². The van der Waals surface area contributed by atoms with Crippen molar-refractivity contribution >= 4 is 17.5 Å². The topological polar surface area (TPSA) is 45.2 Å². The number of aromatic nitrogens is 1. The monoisotopic (exact) mass is 309 g/mol. The predicted octanol–water partition coefficient (Wildman–Crippen LogP) is 3.12. The van der Waals surface area contributed by atoms with Crippen LogP contribution in [0.4, 0.5) is 0 Å². The van der Waals surface area contributed by atoms with Crippen LogP contribution < -0.4 is 5.32 Å². The molecule has 0 aliphatic heterocycles. The van der Waals surface area contributed by atoms with Gasteiger partial charge in [0.25, 0.3) is 5.91 Å². The van der Waals surface area contributed by atoms with Gasteiger partial charge in [0.05, 0.1) is 10.6 Å². The minimum absolute atomic E-state index is 0.145. The molecule has 1 heterocycles. The SMILES string of the molecule is CN(CCCNC(=O)c1cnccc1Cl)C1CCCCC1. The molecule has 1 aromatic heterocycles. The molecule has 0 radical (unpaired) electrons. The summed E-state index contributed by atoms with van der Waals surface area (Å²) in [5.41, 5.74) is 0.444. The third-order valence-electron chi connectivity index (χ3n) is 4.18. The molecule has 1 aromatic rings. The minimum atomic E-state index is -0.145. The summed E-state index contributed by atoms with van der Waals surface area (Å²) < 4.78 is 0. The molecule has 1 aliphatic rings. The first-order valence-electron chi connectivity index (χ1n) is 7.76. The molecule has 21 heavy (non-hydrogen) atoms. The van der Waals surface area contributed by atoms with Gasteiger partial charge in [-0.1, -0.05) is 30.9 Å². The Hall–Kier alpha value is -1.13. The summed E-state index contributed by atoms with van der Waals surface area (Å²) in [6, 6.07) is 2.36. The first kappa shape index (κ1) is 16.2. The largest absolute Gasteiger partial charge is 0.352 e. The lowest BCUT2D eigenvalue weighted by molar-refractivity contribution is 0.0950. The second-order valence-electron chi connectivity index (χ2n) is 5.74. The predicted molar refractivity (Wildman–Crippen MR) is 85.7 cm³/mol. The van der Waals surface area contributed by atoms with Crippen LogP contribution in [-0.4, -0.2) is 42.0 Å². The normalized spacial score (nSPS) is 16.1. The number of nitrogens with zero attached hydrogens (tertiary/aromatic N) is 2. The van der Waals surface area contributed by atoms with Crippen molar-refractivity contribution < 1.29 is 4.79 Å². The van der Waals surface area contributed by atoms with Crippen LogP contribution in [-0.2, 0) is 0 Å². The third-order valence-corrected chi connectivity index (χ3v) is 4.51. The van der Waals surface area contributed by atoms with Gasteiger partial charge in [0.2, 0.25) is 0 Å². The number of hydrogen-bond acceptors (Lipinski definition) is 3. The Bertz CT molecular complexity index is 461. The maximum atomic E-state index is 12.0. The van der Waals surface area contributed by atoms with E-state index in [4.69, 9.17) is 11.6 Å². The fraction of sp³-hybridized carbons (Fsp3) is 0.625. The molecule has 1 fully saturated rings. The van der Waals surface area contributed by atoms with Gasteiger partial charge in [0.1, 0.15) is 0 Å². The Kier molecular flexibility index (Phi) is 6.46. The highest BCUT2D eigenvalue weighted by atomic mass is 35.5. The van der Waals surface area contributed by atoms with Crippen LogP contribution in [0.1, 0.15) is 48.9 Å². The molecule has 1 N–H and O–H groups in total. The van der Waals surface area contributed by atoms with E-state index in [-0.39, 0.29) is 5.91 Å². The molecule has 1 aliphatic carbocycles. The minimum Gasteiger partial charge on any atom is -0.352 e. The van der Waals surface area contributed by atoms with Gasteiger partial charge in [-0.25, -0.2) is 0 Å².